The van der Waals surface area contributed by atoms with Crippen molar-refractivity contribution >= 4 is 34.0 Å². The van der Waals surface area contributed by atoms with Crippen LogP contribution in [0.1, 0.15) is 10.4 Å². The summed E-state index contributed by atoms with van der Waals surface area (Å²) in [7, 11) is 0. The molecule has 20 heavy (non-hydrogen) atoms. The Hall–Kier alpha value is -1.66. The number of thiazole rings is 1. The number of aromatic nitrogens is 2. The largest absolute Gasteiger partial charge is 0.345 e. The lowest BCUT2D eigenvalue weighted by Crippen LogP contribution is -2.48. The Morgan fingerprint density at radius 2 is 2.00 bits per heavy atom. The van der Waals surface area contributed by atoms with Crippen LogP contribution in [0.25, 0.3) is 0 Å². The number of halogens is 1. The van der Waals surface area contributed by atoms with Crippen LogP contribution in [-0.2, 0) is 0 Å². The molecule has 5 nitrogen and oxygen atoms in total. The zero-order valence-electron chi connectivity index (χ0n) is 10.7. The van der Waals surface area contributed by atoms with E-state index in [1.54, 1.807) is 35.9 Å². The van der Waals surface area contributed by atoms with E-state index in [-0.39, 0.29) is 11.1 Å². The molecule has 0 atom stereocenters. The third-order valence-corrected chi connectivity index (χ3v) is 4.38. The summed E-state index contributed by atoms with van der Waals surface area (Å²) >= 11 is 7.59. The van der Waals surface area contributed by atoms with E-state index in [2.05, 4.69) is 14.9 Å². The van der Waals surface area contributed by atoms with Gasteiger partial charge in [-0.25, -0.2) is 9.97 Å². The molecule has 1 amide bonds. The average molecular weight is 309 g/mol. The molecule has 3 rings (SSSR count). The third kappa shape index (κ3) is 2.62. The zero-order valence-corrected chi connectivity index (χ0v) is 12.3. The van der Waals surface area contributed by atoms with Crippen LogP contribution in [0.4, 0.5) is 5.13 Å². The first kappa shape index (κ1) is 13.3. The van der Waals surface area contributed by atoms with Gasteiger partial charge in [-0.15, -0.1) is 11.3 Å². The summed E-state index contributed by atoms with van der Waals surface area (Å²) in [6, 6.07) is 3.44. The number of amides is 1. The van der Waals surface area contributed by atoms with Gasteiger partial charge >= 0.3 is 0 Å². The number of rotatable bonds is 2. The van der Waals surface area contributed by atoms with E-state index < -0.39 is 0 Å². The molecule has 2 aromatic rings. The Labute approximate surface area is 125 Å². The van der Waals surface area contributed by atoms with Gasteiger partial charge in [0.2, 0.25) is 0 Å². The van der Waals surface area contributed by atoms with Gasteiger partial charge in [0.05, 0.1) is 5.56 Å². The predicted octanol–water partition coefficient (Wildman–Crippen LogP) is 2.15. The van der Waals surface area contributed by atoms with Crippen LogP contribution in [0, 0.1) is 0 Å². The Kier molecular flexibility index (Phi) is 3.84. The molecule has 0 N–H and O–H groups in total. The summed E-state index contributed by atoms with van der Waals surface area (Å²) in [5.74, 6) is -0.0538. The number of piperazine rings is 1. The number of anilines is 1. The van der Waals surface area contributed by atoms with E-state index in [0.29, 0.717) is 18.7 Å². The first-order valence-electron chi connectivity index (χ1n) is 6.30. The van der Waals surface area contributed by atoms with Gasteiger partial charge in [-0.05, 0) is 12.1 Å². The third-order valence-electron chi connectivity index (χ3n) is 3.25. The number of nitrogens with zero attached hydrogens (tertiary/aromatic N) is 4. The van der Waals surface area contributed by atoms with Crippen molar-refractivity contribution in [2.75, 3.05) is 31.1 Å². The Morgan fingerprint density at radius 3 is 2.65 bits per heavy atom. The van der Waals surface area contributed by atoms with Crippen molar-refractivity contribution in [2.24, 2.45) is 0 Å². The molecular weight excluding hydrogens is 296 g/mol. The first-order chi connectivity index (χ1) is 9.75. The molecule has 1 aliphatic heterocycles. The van der Waals surface area contributed by atoms with Gasteiger partial charge in [0, 0.05) is 44.0 Å². The smallest absolute Gasteiger partial charge is 0.257 e. The van der Waals surface area contributed by atoms with Crippen molar-refractivity contribution in [3.63, 3.8) is 0 Å². The number of carbonyl (C=O) groups is 1. The summed E-state index contributed by atoms with van der Waals surface area (Å²) in [6.07, 6.45) is 3.38. The van der Waals surface area contributed by atoms with Gasteiger partial charge < -0.3 is 9.80 Å². The lowest BCUT2D eigenvalue weighted by molar-refractivity contribution is 0.0746. The van der Waals surface area contributed by atoms with Crippen molar-refractivity contribution in [3.8, 4) is 0 Å². The molecule has 2 aromatic heterocycles. The summed E-state index contributed by atoms with van der Waals surface area (Å²) in [5, 5.41) is 3.23. The molecule has 0 aliphatic carbocycles. The van der Waals surface area contributed by atoms with Crippen LogP contribution in [-0.4, -0.2) is 47.0 Å². The SMILES string of the molecule is O=C(c1cccnc1Cl)N1CCN(c2nccs2)CC1. The van der Waals surface area contributed by atoms with E-state index in [9.17, 15) is 4.79 Å². The Bertz CT molecular complexity index is 596. The molecule has 0 spiro atoms. The highest BCUT2D eigenvalue weighted by Gasteiger charge is 2.24. The highest BCUT2D eigenvalue weighted by molar-refractivity contribution is 7.13. The highest BCUT2D eigenvalue weighted by atomic mass is 35.5. The average Bonchev–Trinajstić information content (AvgIpc) is 3.01. The van der Waals surface area contributed by atoms with E-state index in [1.807, 2.05) is 10.3 Å². The molecule has 0 unspecified atom stereocenters. The first-order valence-corrected chi connectivity index (χ1v) is 7.55. The molecule has 0 bridgehead atoms. The van der Waals surface area contributed by atoms with Crippen LogP contribution in [0.15, 0.2) is 29.9 Å². The van der Waals surface area contributed by atoms with E-state index in [4.69, 9.17) is 11.6 Å². The van der Waals surface area contributed by atoms with Crippen LogP contribution in [0.5, 0.6) is 0 Å². The second kappa shape index (κ2) is 5.76. The number of pyridine rings is 1. The monoisotopic (exact) mass is 308 g/mol. The minimum atomic E-state index is -0.0538. The minimum absolute atomic E-state index is 0.0538. The van der Waals surface area contributed by atoms with Crippen LogP contribution in [0.3, 0.4) is 0 Å². The quantitative estimate of drug-likeness (QED) is 0.798. The maximum atomic E-state index is 12.4. The van der Waals surface area contributed by atoms with Crippen LogP contribution >= 0.6 is 22.9 Å². The van der Waals surface area contributed by atoms with Gasteiger partial charge in [0.1, 0.15) is 5.15 Å². The Morgan fingerprint density at radius 1 is 1.20 bits per heavy atom. The fourth-order valence-electron chi connectivity index (χ4n) is 2.19. The second-order valence-electron chi connectivity index (χ2n) is 4.44. The normalized spacial score (nSPS) is 15.4. The van der Waals surface area contributed by atoms with Crippen molar-refractivity contribution in [2.45, 2.75) is 0 Å². The molecule has 0 aromatic carbocycles. The maximum Gasteiger partial charge on any atom is 0.257 e. The molecule has 3 heterocycles. The second-order valence-corrected chi connectivity index (χ2v) is 5.67. The van der Waals surface area contributed by atoms with Crippen molar-refractivity contribution in [1.29, 1.82) is 0 Å². The van der Waals surface area contributed by atoms with Crippen molar-refractivity contribution < 1.29 is 4.79 Å². The minimum Gasteiger partial charge on any atom is -0.345 e. The molecular formula is C13H13ClN4OS. The number of hydrogen-bond donors (Lipinski definition) is 0. The van der Waals surface area contributed by atoms with Crippen LogP contribution in [0.2, 0.25) is 5.15 Å². The lowest BCUT2D eigenvalue weighted by atomic mass is 10.2. The molecule has 1 fully saturated rings. The van der Waals surface area contributed by atoms with Crippen molar-refractivity contribution in [3.05, 3.63) is 40.6 Å². The van der Waals surface area contributed by atoms with E-state index >= 15 is 0 Å². The summed E-state index contributed by atoms with van der Waals surface area (Å²) < 4.78 is 0. The van der Waals surface area contributed by atoms with E-state index in [1.165, 1.54) is 0 Å². The molecule has 0 radical (unpaired) electrons. The van der Waals surface area contributed by atoms with Crippen LogP contribution < -0.4 is 4.90 Å². The van der Waals surface area contributed by atoms with E-state index in [0.717, 1.165) is 18.2 Å². The molecule has 1 aliphatic rings. The maximum absolute atomic E-state index is 12.4. The summed E-state index contributed by atoms with van der Waals surface area (Å²) in [4.78, 5) is 24.6. The topological polar surface area (TPSA) is 49.3 Å². The number of hydrogen-bond acceptors (Lipinski definition) is 5. The molecule has 104 valence electrons. The standard InChI is InChI=1S/C13H13ClN4OS/c14-11-10(2-1-3-15-11)12(19)17-5-7-18(8-6-17)13-16-4-9-20-13/h1-4,9H,5-8H2. The van der Waals surface area contributed by atoms with Crippen molar-refractivity contribution in [1.82, 2.24) is 14.9 Å². The van der Waals surface area contributed by atoms with Gasteiger partial charge in [-0.1, -0.05) is 11.6 Å². The lowest BCUT2D eigenvalue weighted by Gasteiger charge is -2.34. The number of carbonyl (C=O) groups excluding carboxylic acids is 1. The summed E-state index contributed by atoms with van der Waals surface area (Å²) in [5.41, 5.74) is 0.469. The molecule has 0 saturated carbocycles. The predicted molar refractivity (Wildman–Crippen MR) is 79.5 cm³/mol. The summed E-state index contributed by atoms with van der Waals surface area (Å²) in [6.45, 7) is 2.92. The molecule has 1 saturated heterocycles. The fourth-order valence-corrected chi connectivity index (χ4v) is 3.09. The zero-order chi connectivity index (χ0) is 13.9. The van der Waals surface area contributed by atoms with Gasteiger partial charge in [0.15, 0.2) is 5.13 Å². The van der Waals surface area contributed by atoms with Gasteiger partial charge in [-0.3, -0.25) is 4.79 Å². The highest BCUT2D eigenvalue weighted by Crippen LogP contribution is 2.20. The van der Waals surface area contributed by atoms with Gasteiger partial charge in [-0.2, -0.15) is 0 Å². The Balaban J connectivity index is 1.66. The van der Waals surface area contributed by atoms with Gasteiger partial charge in [0.25, 0.3) is 5.91 Å². The molecule has 7 heteroatoms. The fraction of sp³-hybridized carbons (Fsp3) is 0.308.